The van der Waals surface area contributed by atoms with E-state index in [2.05, 4.69) is 0 Å². The van der Waals surface area contributed by atoms with Crippen LogP contribution in [0.1, 0.15) is 36.5 Å². The molecule has 0 aliphatic rings. The zero-order chi connectivity index (χ0) is 28.3. The highest BCUT2D eigenvalue weighted by Crippen LogP contribution is 2.45. The standard InChI is InChI=1S/C27H25F8NO2/c1-17(2)19-11-9-18(10-12-19)16-38-23-8-4-7-22(14-23)36(15-24(37)26(30,31)32)21-6-3-5-20(13-21)25(28,29)27(33,34)35/h3-14,17,24,37H,15-16H2,1-2H3. The predicted molar refractivity (Wildman–Crippen MR) is 127 cm³/mol. The minimum absolute atomic E-state index is 0.0200. The molecule has 0 bridgehead atoms. The Labute approximate surface area is 214 Å². The van der Waals surface area contributed by atoms with Gasteiger partial charge in [-0.1, -0.05) is 56.3 Å². The first-order chi connectivity index (χ1) is 17.6. The number of alkyl halides is 8. The summed E-state index contributed by atoms with van der Waals surface area (Å²) in [4.78, 5) is 0.804. The van der Waals surface area contributed by atoms with E-state index in [0.29, 0.717) is 18.1 Å². The summed E-state index contributed by atoms with van der Waals surface area (Å²) in [5.41, 5.74) is 0.0509. The number of aliphatic hydroxyl groups excluding tert-OH is 1. The van der Waals surface area contributed by atoms with E-state index in [1.54, 1.807) is 0 Å². The maximum absolute atomic E-state index is 14.0. The molecule has 0 saturated carbocycles. The second-order valence-corrected chi connectivity index (χ2v) is 8.97. The van der Waals surface area contributed by atoms with Crippen LogP contribution in [0.25, 0.3) is 0 Å². The lowest BCUT2D eigenvalue weighted by Crippen LogP contribution is -2.39. The molecule has 206 valence electrons. The van der Waals surface area contributed by atoms with Crippen LogP contribution in [0.4, 0.5) is 46.5 Å². The Bertz CT molecular complexity index is 1210. The number of nitrogens with zero attached hydrogens (tertiary/aromatic N) is 1. The topological polar surface area (TPSA) is 32.7 Å². The van der Waals surface area contributed by atoms with Crippen LogP contribution < -0.4 is 9.64 Å². The maximum atomic E-state index is 14.0. The second kappa shape index (κ2) is 11.2. The first-order valence-corrected chi connectivity index (χ1v) is 11.5. The zero-order valence-electron chi connectivity index (χ0n) is 20.3. The Kier molecular flexibility index (Phi) is 8.60. The predicted octanol–water partition coefficient (Wildman–Crippen LogP) is 8.10. The molecule has 11 heteroatoms. The highest BCUT2D eigenvalue weighted by atomic mass is 19.4. The van der Waals surface area contributed by atoms with E-state index in [0.717, 1.165) is 28.2 Å². The minimum atomic E-state index is -5.91. The summed E-state index contributed by atoms with van der Waals surface area (Å²) in [5, 5.41) is 9.69. The zero-order valence-corrected chi connectivity index (χ0v) is 20.3. The minimum Gasteiger partial charge on any atom is -0.489 e. The molecule has 0 saturated heterocycles. The summed E-state index contributed by atoms with van der Waals surface area (Å²) in [6, 6.07) is 16.1. The van der Waals surface area contributed by atoms with Gasteiger partial charge in [-0.3, -0.25) is 0 Å². The summed E-state index contributed by atoms with van der Waals surface area (Å²) in [5.74, 6) is -4.71. The van der Waals surface area contributed by atoms with Gasteiger partial charge < -0.3 is 14.7 Å². The molecule has 1 atom stereocenters. The van der Waals surface area contributed by atoms with Gasteiger partial charge in [0.1, 0.15) is 12.4 Å². The van der Waals surface area contributed by atoms with Crippen molar-refractivity contribution in [3.8, 4) is 5.75 Å². The fourth-order valence-corrected chi connectivity index (χ4v) is 3.58. The molecule has 1 unspecified atom stereocenters. The number of anilines is 2. The van der Waals surface area contributed by atoms with Crippen LogP contribution >= 0.6 is 0 Å². The van der Waals surface area contributed by atoms with E-state index in [1.807, 2.05) is 38.1 Å². The van der Waals surface area contributed by atoms with Gasteiger partial charge in [0.25, 0.3) is 0 Å². The molecule has 38 heavy (non-hydrogen) atoms. The lowest BCUT2D eigenvalue weighted by Gasteiger charge is -2.30. The average molecular weight is 547 g/mol. The van der Waals surface area contributed by atoms with E-state index in [4.69, 9.17) is 4.74 Å². The van der Waals surface area contributed by atoms with Crippen molar-refractivity contribution in [3.05, 3.63) is 89.5 Å². The molecule has 1 N–H and O–H groups in total. The Morgan fingerprint density at radius 3 is 1.92 bits per heavy atom. The molecule has 0 aliphatic carbocycles. The van der Waals surface area contributed by atoms with Gasteiger partial charge >= 0.3 is 18.3 Å². The molecule has 0 aromatic heterocycles. The molecule has 3 rings (SSSR count). The third kappa shape index (κ3) is 6.94. The van der Waals surface area contributed by atoms with Gasteiger partial charge in [0.05, 0.1) is 6.54 Å². The molecular formula is C27H25F8NO2. The SMILES string of the molecule is CC(C)c1ccc(COc2cccc(N(CC(O)C(F)(F)F)c3cccc(C(F)(F)C(F)(F)F)c3)c2)cc1. The summed E-state index contributed by atoms with van der Waals surface area (Å²) >= 11 is 0. The Morgan fingerprint density at radius 1 is 0.789 bits per heavy atom. The molecular weight excluding hydrogens is 522 g/mol. The lowest BCUT2D eigenvalue weighted by molar-refractivity contribution is -0.289. The van der Waals surface area contributed by atoms with Crippen LogP contribution in [0.2, 0.25) is 0 Å². The van der Waals surface area contributed by atoms with Gasteiger partial charge in [0.2, 0.25) is 0 Å². The van der Waals surface area contributed by atoms with Gasteiger partial charge in [-0.25, -0.2) is 0 Å². The average Bonchev–Trinajstić information content (AvgIpc) is 2.85. The first-order valence-electron chi connectivity index (χ1n) is 11.5. The van der Waals surface area contributed by atoms with Crippen LogP contribution in [0.3, 0.4) is 0 Å². The fraction of sp³-hybridized carbons (Fsp3) is 0.333. The molecule has 0 heterocycles. The number of halogens is 8. The third-order valence-corrected chi connectivity index (χ3v) is 5.79. The fourth-order valence-electron chi connectivity index (χ4n) is 3.58. The van der Waals surface area contributed by atoms with Crippen molar-refractivity contribution in [2.75, 3.05) is 11.4 Å². The summed E-state index contributed by atoms with van der Waals surface area (Å²) < 4.78 is 112. The molecule has 0 radical (unpaired) electrons. The first kappa shape index (κ1) is 29.2. The molecule has 0 fully saturated rings. The summed E-state index contributed by atoms with van der Waals surface area (Å²) in [7, 11) is 0. The second-order valence-electron chi connectivity index (χ2n) is 8.97. The number of aliphatic hydroxyl groups is 1. The van der Waals surface area contributed by atoms with E-state index >= 15 is 0 Å². The van der Waals surface area contributed by atoms with Gasteiger partial charge in [-0.05, 0) is 41.3 Å². The van der Waals surface area contributed by atoms with Crippen molar-refractivity contribution in [2.45, 2.75) is 50.8 Å². The number of hydrogen-bond acceptors (Lipinski definition) is 3. The normalized spacial score (nSPS) is 13.5. The molecule has 3 aromatic rings. The van der Waals surface area contributed by atoms with Gasteiger partial charge in [0, 0.05) is 23.0 Å². The van der Waals surface area contributed by atoms with E-state index in [9.17, 15) is 40.2 Å². The Hall–Kier alpha value is -3.34. The van der Waals surface area contributed by atoms with Crippen molar-refractivity contribution < 1.29 is 45.0 Å². The maximum Gasteiger partial charge on any atom is 0.458 e. The number of rotatable bonds is 9. The molecule has 0 aliphatic heterocycles. The van der Waals surface area contributed by atoms with Crippen molar-refractivity contribution in [2.24, 2.45) is 0 Å². The quantitative estimate of drug-likeness (QED) is 0.275. The van der Waals surface area contributed by atoms with E-state index in [-0.39, 0.29) is 18.0 Å². The van der Waals surface area contributed by atoms with Crippen molar-refractivity contribution in [1.82, 2.24) is 0 Å². The van der Waals surface area contributed by atoms with Crippen LogP contribution in [0, 0.1) is 0 Å². The largest absolute Gasteiger partial charge is 0.489 e. The van der Waals surface area contributed by atoms with Crippen LogP contribution in [0.5, 0.6) is 5.75 Å². The molecule has 3 aromatic carbocycles. The van der Waals surface area contributed by atoms with Gasteiger partial charge in [-0.2, -0.15) is 35.1 Å². The molecule has 0 amide bonds. The Morgan fingerprint density at radius 2 is 1.37 bits per heavy atom. The Balaban J connectivity index is 1.93. The highest BCUT2D eigenvalue weighted by molar-refractivity contribution is 5.65. The smallest absolute Gasteiger partial charge is 0.458 e. The number of hydrogen-bond donors (Lipinski definition) is 1. The van der Waals surface area contributed by atoms with Crippen molar-refractivity contribution >= 4 is 11.4 Å². The molecule has 0 spiro atoms. The third-order valence-electron chi connectivity index (χ3n) is 5.79. The van der Waals surface area contributed by atoms with Gasteiger partial charge in [-0.15, -0.1) is 0 Å². The van der Waals surface area contributed by atoms with Crippen molar-refractivity contribution in [1.29, 1.82) is 0 Å². The lowest BCUT2D eigenvalue weighted by atomic mass is 10.0. The van der Waals surface area contributed by atoms with E-state index in [1.165, 1.54) is 24.3 Å². The van der Waals surface area contributed by atoms with Crippen LogP contribution in [0.15, 0.2) is 72.8 Å². The van der Waals surface area contributed by atoms with Crippen LogP contribution in [-0.2, 0) is 12.5 Å². The number of benzene rings is 3. The summed E-state index contributed by atoms with van der Waals surface area (Å²) in [6.45, 7) is 3.03. The monoisotopic (exact) mass is 547 g/mol. The highest BCUT2D eigenvalue weighted by Gasteiger charge is 2.58. The van der Waals surface area contributed by atoms with E-state index < -0.39 is 42.2 Å². The summed E-state index contributed by atoms with van der Waals surface area (Å²) in [6.07, 6.45) is -13.9. The molecule has 3 nitrogen and oxygen atoms in total. The van der Waals surface area contributed by atoms with Crippen LogP contribution in [-0.4, -0.2) is 30.1 Å². The number of ether oxygens (including phenoxy) is 1. The van der Waals surface area contributed by atoms with Crippen molar-refractivity contribution in [3.63, 3.8) is 0 Å². The van der Waals surface area contributed by atoms with Gasteiger partial charge in [0.15, 0.2) is 6.10 Å².